The van der Waals surface area contributed by atoms with Gasteiger partial charge in [0, 0.05) is 12.6 Å². The number of nitrogens with zero attached hydrogens (tertiary/aromatic N) is 1. The van der Waals surface area contributed by atoms with Crippen molar-refractivity contribution in [3.63, 3.8) is 0 Å². The van der Waals surface area contributed by atoms with Crippen molar-refractivity contribution in [1.29, 1.82) is 0 Å². The third-order valence-electron chi connectivity index (χ3n) is 3.36. The predicted molar refractivity (Wildman–Crippen MR) is 66.3 cm³/mol. The number of hydrogen-bond donors (Lipinski definition) is 1. The van der Waals surface area contributed by atoms with Crippen LogP contribution in [0.3, 0.4) is 0 Å². The van der Waals surface area contributed by atoms with Gasteiger partial charge in [0.05, 0.1) is 11.4 Å². The lowest BCUT2D eigenvalue weighted by molar-refractivity contribution is 0.484. The van der Waals surface area contributed by atoms with Crippen LogP contribution in [0.2, 0.25) is 0 Å². The maximum atomic E-state index is 6.07. The number of benzene rings is 1. The molecule has 1 aliphatic rings. The molecular formula is C13H20N2. The second kappa shape index (κ2) is 4.13. The number of nitrogen functional groups attached to an aromatic ring is 1. The van der Waals surface area contributed by atoms with Crippen molar-refractivity contribution in [2.24, 2.45) is 0 Å². The molecule has 0 spiro atoms. The smallest absolute Gasteiger partial charge is 0.0632 e. The number of hydrogen-bond acceptors (Lipinski definition) is 2. The van der Waals surface area contributed by atoms with Crippen molar-refractivity contribution >= 4 is 11.4 Å². The minimum Gasteiger partial charge on any atom is -0.397 e. The summed E-state index contributed by atoms with van der Waals surface area (Å²) in [4.78, 5) is 2.47. The molecular weight excluding hydrogens is 184 g/mol. The first-order chi connectivity index (χ1) is 7.20. The summed E-state index contributed by atoms with van der Waals surface area (Å²) in [6.07, 6.45) is 3.93. The van der Waals surface area contributed by atoms with E-state index in [0.29, 0.717) is 6.04 Å². The quantitative estimate of drug-likeness (QED) is 0.713. The van der Waals surface area contributed by atoms with Gasteiger partial charge in [-0.1, -0.05) is 12.1 Å². The first kappa shape index (κ1) is 10.3. The molecule has 0 bridgehead atoms. The van der Waals surface area contributed by atoms with Gasteiger partial charge in [-0.15, -0.1) is 0 Å². The van der Waals surface area contributed by atoms with Crippen molar-refractivity contribution in [3.05, 3.63) is 23.8 Å². The van der Waals surface area contributed by atoms with Gasteiger partial charge in [-0.05, 0) is 44.7 Å². The van der Waals surface area contributed by atoms with Crippen molar-refractivity contribution in [2.75, 3.05) is 17.2 Å². The van der Waals surface area contributed by atoms with E-state index in [1.807, 2.05) is 12.1 Å². The van der Waals surface area contributed by atoms with Gasteiger partial charge in [0.2, 0.25) is 0 Å². The summed E-state index contributed by atoms with van der Waals surface area (Å²) in [5.74, 6) is 0. The number of anilines is 2. The second-order valence-electron chi connectivity index (χ2n) is 4.55. The van der Waals surface area contributed by atoms with E-state index in [1.165, 1.54) is 30.5 Å². The van der Waals surface area contributed by atoms with E-state index in [1.54, 1.807) is 0 Å². The average molecular weight is 204 g/mol. The highest BCUT2D eigenvalue weighted by Gasteiger charge is 2.21. The zero-order valence-electron chi connectivity index (χ0n) is 9.66. The number of aryl methyl sites for hydroxylation is 1. The Morgan fingerprint density at radius 1 is 1.33 bits per heavy atom. The van der Waals surface area contributed by atoms with Crippen LogP contribution in [0.1, 0.15) is 31.7 Å². The molecule has 15 heavy (non-hydrogen) atoms. The van der Waals surface area contributed by atoms with Gasteiger partial charge in [-0.3, -0.25) is 0 Å². The van der Waals surface area contributed by atoms with Crippen LogP contribution in [-0.2, 0) is 0 Å². The van der Waals surface area contributed by atoms with Crippen LogP contribution in [0.5, 0.6) is 0 Å². The molecule has 1 aromatic rings. The lowest BCUT2D eigenvalue weighted by Crippen LogP contribution is -2.38. The molecule has 1 aliphatic heterocycles. The van der Waals surface area contributed by atoms with Gasteiger partial charge in [0.25, 0.3) is 0 Å². The van der Waals surface area contributed by atoms with Crippen molar-refractivity contribution in [3.8, 4) is 0 Å². The molecule has 0 aromatic heterocycles. The zero-order chi connectivity index (χ0) is 10.8. The van der Waals surface area contributed by atoms with Gasteiger partial charge >= 0.3 is 0 Å². The van der Waals surface area contributed by atoms with Crippen molar-refractivity contribution < 1.29 is 0 Å². The van der Waals surface area contributed by atoms with Crippen LogP contribution in [-0.4, -0.2) is 12.6 Å². The van der Waals surface area contributed by atoms with Crippen LogP contribution in [0, 0.1) is 6.92 Å². The zero-order valence-corrected chi connectivity index (χ0v) is 9.66. The monoisotopic (exact) mass is 204 g/mol. The maximum absolute atomic E-state index is 6.07. The third kappa shape index (κ3) is 1.94. The second-order valence-corrected chi connectivity index (χ2v) is 4.55. The molecule has 1 saturated heterocycles. The first-order valence-corrected chi connectivity index (χ1v) is 5.82. The van der Waals surface area contributed by atoms with Crippen LogP contribution in [0.15, 0.2) is 18.2 Å². The number of piperidine rings is 1. The summed E-state index contributed by atoms with van der Waals surface area (Å²) >= 11 is 0. The standard InChI is InChI=1S/C13H20N2/c1-10-6-5-8-12(14)13(10)15-9-4-3-7-11(15)2/h5-6,8,11H,3-4,7,9,14H2,1-2H3. The molecule has 0 radical (unpaired) electrons. The van der Waals surface area contributed by atoms with Crippen LogP contribution >= 0.6 is 0 Å². The molecule has 1 unspecified atom stereocenters. The SMILES string of the molecule is Cc1cccc(N)c1N1CCCCC1C. The Kier molecular flexibility index (Phi) is 2.85. The Bertz CT molecular complexity index is 326. The molecule has 1 atom stereocenters. The van der Waals surface area contributed by atoms with Gasteiger partial charge in [-0.2, -0.15) is 0 Å². The molecule has 82 valence electrons. The van der Waals surface area contributed by atoms with E-state index in [0.717, 1.165) is 12.2 Å². The Balaban J connectivity index is 2.35. The summed E-state index contributed by atoms with van der Waals surface area (Å²) in [5.41, 5.74) is 9.54. The molecule has 1 aromatic carbocycles. The topological polar surface area (TPSA) is 29.3 Å². The molecule has 0 saturated carbocycles. The summed E-state index contributed by atoms with van der Waals surface area (Å²) in [7, 11) is 0. The molecule has 0 aliphatic carbocycles. The van der Waals surface area contributed by atoms with E-state index in [9.17, 15) is 0 Å². The molecule has 0 amide bonds. The van der Waals surface area contributed by atoms with E-state index in [-0.39, 0.29) is 0 Å². The van der Waals surface area contributed by atoms with Crippen molar-refractivity contribution in [2.45, 2.75) is 39.2 Å². The lowest BCUT2D eigenvalue weighted by Gasteiger charge is -2.37. The summed E-state index contributed by atoms with van der Waals surface area (Å²) in [6, 6.07) is 6.81. The van der Waals surface area contributed by atoms with Gasteiger partial charge in [0.15, 0.2) is 0 Å². The largest absolute Gasteiger partial charge is 0.397 e. The van der Waals surface area contributed by atoms with Gasteiger partial charge in [-0.25, -0.2) is 0 Å². The Hall–Kier alpha value is -1.18. The maximum Gasteiger partial charge on any atom is 0.0632 e. The summed E-state index contributed by atoms with van der Waals surface area (Å²) in [6.45, 7) is 5.59. The highest BCUT2D eigenvalue weighted by atomic mass is 15.2. The first-order valence-electron chi connectivity index (χ1n) is 5.82. The van der Waals surface area contributed by atoms with Crippen LogP contribution in [0.4, 0.5) is 11.4 Å². The van der Waals surface area contributed by atoms with E-state index >= 15 is 0 Å². The van der Waals surface area contributed by atoms with Crippen molar-refractivity contribution in [1.82, 2.24) is 0 Å². The molecule has 2 heteroatoms. The normalized spacial score (nSPS) is 21.7. The molecule has 2 N–H and O–H groups in total. The fraction of sp³-hybridized carbons (Fsp3) is 0.538. The highest BCUT2D eigenvalue weighted by Crippen LogP contribution is 2.32. The molecule has 2 rings (SSSR count). The van der Waals surface area contributed by atoms with Gasteiger partial charge < -0.3 is 10.6 Å². The minimum atomic E-state index is 0.627. The molecule has 2 nitrogen and oxygen atoms in total. The third-order valence-corrected chi connectivity index (χ3v) is 3.36. The lowest BCUT2D eigenvalue weighted by atomic mass is 10.0. The minimum absolute atomic E-state index is 0.627. The molecule has 1 heterocycles. The fourth-order valence-electron chi connectivity index (χ4n) is 2.50. The highest BCUT2D eigenvalue weighted by molar-refractivity contribution is 5.71. The summed E-state index contributed by atoms with van der Waals surface area (Å²) < 4.78 is 0. The number of para-hydroxylation sites is 1. The Labute approximate surface area is 92.1 Å². The van der Waals surface area contributed by atoms with E-state index in [4.69, 9.17) is 5.73 Å². The predicted octanol–water partition coefficient (Wildman–Crippen LogP) is 2.96. The van der Waals surface area contributed by atoms with Crippen LogP contribution in [0.25, 0.3) is 0 Å². The number of nitrogens with two attached hydrogens (primary N) is 1. The Morgan fingerprint density at radius 2 is 2.13 bits per heavy atom. The average Bonchev–Trinajstić information content (AvgIpc) is 2.20. The van der Waals surface area contributed by atoms with E-state index in [2.05, 4.69) is 24.8 Å². The fourth-order valence-corrected chi connectivity index (χ4v) is 2.50. The van der Waals surface area contributed by atoms with E-state index < -0.39 is 0 Å². The van der Waals surface area contributed by atoms with Crippen LogP contribution < -0.4 is 10.6 Å². The van der Waals surface area contributed by atoms with Gasteiger partial charge in [0.1, 0.15) is 0 Å². The molecule has 1 fully saturated rings. The summed E-state index contributed by atoms with van der Waals surface area (Å²) in [5, 5.41) is 0. The number of rotatable bonds is 1. The Morgan fingerprint density at radius 3 is 2.80 bits per heavy atom.